The predicted molar refractivity (Wildman–Crippen MR) is 144 cm³/mol. The van der Waals surface area contributed by atoms with Crippen molar-refractivity contribution >= 4 is 22.4 Å². The van der Waals surface area contributed by atoms with E-state index < -0.39 is 0 Å². The normalized spacial score (nSPS) is 18.4. The van der Waals surface area contributed by atoms with Crippen LogP contribution in [0.5, 0.6) is 11.5 Å². The Morgan fingerprint density at radius 3 is 2.79 bits per heavy atom. The zero-order valence-electron chi connectivity index (χ0n) is 20.8. The van der Waals surface area contributed by atoms with E-state index in [2.05, 4.69) is 28.2 Å². The molecule has 2 fully saturated rings. The molecule has 7 heteroatoms. The van der Waals surface area contributed by atoms with Gasteiger partial charge >= 0.3 is 0 Å². The minimum absolute atomic E-state index is 0.0598. The molecule has 7 rings (SSSR count). The number of aromatic nitrogens is 2. The number of fused-ring (bicyclic) bond motifs is 7. The summed E-state index contributed by atoms with van der Waals surface area (Å²) in [4.78, 5) is 19.8. The molecule has 0 spiro atoms. The summed E-state index contributed by atoms with van der Waals surface area (Å²) in [6.07, 6.45) is 6.66. The number of imidazole rings is 1. The summed E-state index contributed by atoms with van der Waals surface area (Å²) >= 11 is 0. The van der Waals surface area contributed by atoms with Gasteiger partial charge in [-0.1, -0.05) is 17.9 Å². The van der Waals surface area contributed by atoms with Gasteiger partial charge in [0.1, 0.15) is 17.6 Å². The molecule has 1 saturated carbocycles. The third-order valence-corrected chi connectivity index (χ3v) is 7.52. The SMILES string of the molecule is N#Cc1ccc2cc1Oc1ccc3c(C#CC4CC4)ccc(c3c1)N1CCC(NCc3cncn3C2)C1=O. The minimum atomic E-state index is -0.267. The van der Waals surface area contributed by atoms with E-state index in [-0.39, 0.29) is 11.9 Å². The second-order valence-corrected chi connectivity index (χ2v) is 10.2. The lowest BCUT2D eigenvalue weighted by Gasteiger charge is -2.21. The fourth-order valence-corrected chi connectivity index (χ4v) is 5.27. The van der Waals surface area contributed by atoms with Gasteiger partial charge in [-0.05, 0) is 72.7 Å². The number of nitrogens with one attached hydrogen (secondary N) is 1. The van der Waals surface area contributed by atoms with Crippen LogP contribution >= 0.6 is 0 Å². The van der Waals surface area contributed by atoms with Gasteiger partial charge in [-0.25, -0.2) is 4.98 Å². The number of rotatable bonds is 0. The Morgan fingerprint density at radius 1 is 1.03 bits per heavy atom. The first-order valence-electron chi connectivity index (χ1n) is 13.0. The van der Waals surface area contributed by atoms with Crippen LogP contribution in [0.3, 0.4) is 0 Å². The zero-order valence-corrected chi connectivity index (χ0v) is 20.8. The predicted octanol–water partition coefficient (Wildman–Crippen LogP) is 4.72. The van der Waals surface area contributed by atoms with E-state index in [4.69, 9.17) is 4.74 Å². The molecule has 2 aliphatic heterocycles. The van der Waals surface area contributed by atoms with Crippen molar-refractivity contribution in [2.24, 2.45) is 5.92 Å². The first kappa shape index (κ1) is 22.6. The van der Waals surface area contributed by atoms with Crippen molar-refractivity contribution in [2.75, 3.05) is 11.4 Å². The van der Waals surface area contributed by atoms with E-state index in [0.29, 0.717) is 42.6 Å². The van der Waals surface area contributed by atoms with Crippen LogP contribution < -0.4 is 15.0 Å². The lowest BCUT2D eigenvalue weighted by molar-refractivity contribution is -0.118. The molecule has 1 N–H and O–H groups in total. The maximum absolute atomic E-state index is 13.6. The van der Waals surface area contributed by atoms with Crippen molar-refractivity contribution in [3.8, 4) is 29.4 Å². The molecule has 38 heavy (non-hydrogen) atoms. The number of benzene rings is 3. The van der Waals surface area contributed by atoms with Crippen LogP contribution in [0, 0.1) is 29.1 Å². The summed E-state index contributed by atoms with van der Waals surface area (Å²) in [6, 6.07) is 17.5. The highest BCUT2D eigenvalue weighted by Crippen LogP contribution is 2.37. The van der Waals surface area contributed by atoms with E-state index in [0.717, 1.165) is 39.7 Å². The van der Waals surface area contributed by atoms with Gasteiger partial charge < -0.3 is 19.5 Å². The van der Waals surface area contributed by atoms with E-state index in [9.17, 15) is 10.1 Å². The van der Waals surface area contributed by atoms with Crippen LogP contribution in [0.15, 0.2) is 61.1 Å². The first-order chi connectivity index (χ1) is 18.7. The molecule has 1 aliphatic carbocycles. The van der Waals surface area contributed by atoms with Crippen molar-refractivity contribution in [1.29, 1.82) is 5.26 Å². The molecule has 1 saturated heterocycles. The average Bonchev–Trinajstić information content (AvgIpc) is 3.55. The Balaban J connectivity index is 1.39. The second-order valence-electron chi connectivity index (χ2n) is 10.2. The van der Waals surface area contributed by atoms with Crippen molar-refractivity contribution in [2.45, 2.75) is 38.4 Å². The Kier molecular flexibility index (Phi) is 5.39. The van der Waals surface area contributed by atoms with Crippen molar-refractivity contribution in [1.82, 2.24) is 14.9 Å². The van der Waals surface area contributed by atoms with Gasteiger partial charge in [-0.2, -0.15) is 5.26 Å². The smallest absolute Gasteiger partial charge is 0.244 e. The molecular formula is C31H25N5O2. The number of hydrogen-bond acceptors (Lipinski definition) is 5. The molecule has 186 valence electrons. The second kappa shape index (κ2) is 9.06. The number of nitriles is 1. The van der Waals surface area contributed by atoms with Crippen LogP contribution in [0.25, 0.3) is 10.8 Å². The number of carbonyl (C=O) groups is 1. The Hall–Kier alpha value is -4.59. The fraction of sp³-hybridized carbons (Fsp3) is 0.258. The molecule has 0 radical (unpaired) electrons. The van der Waals surface area contributed by atoms with E-state index in [1.807, 2.05) is 58.1 Å². The highest BCUT2D eigenvalue weighted by Gasteiger charge is 2.33. The Bertz CT molecular complexity index is 1700. The van der Waals surface area contributed by atoms with E-state index >= 15 is 0 Å². The largest absolute Gasteiger partial charge is 0.456 e. The van der Waals surface area contributed by atoms with Gasteiger partial charge in [-0.15, -0.1) is 0 Å². The molecule has 1 amide bonds. The number of carbonyl (C=O) groups excluding carboxylic acids is 1. The highest BCUT2D eigenvalue weighted by molar-refractivity contribution is 6.08. The summed E-state index contributed by atoms with van der Waals surface area (Å²) in [5.74, 6) is 8.39. The van der Waals surface area contributed by atoms with Crippen LogP contribution in [0.2, 0.25) is 0 Å². The fourth-order valence-electron chi connectivity index (χ4n) is 5.27. The monoisotopic (exact) mass is 499 g/mol. The minimum Gasteiger partial charge on any atom is -0.456 e. The lowest BCUT2D eigenvalue weighted by atomic mass is 10.0. The molecule has 4 aromatic rings. The molecular weight excluding hydrogens is 474 g/mol. The molecule has 1 unspecified atom stereocenters. The van der Waals surface area contributed by atoms with Crippen LogP contribution in [-0.4, -0.2) is 28.0 Å². The Morgan fingerprint density at radius 2 is 1.92 bits per heavy atom. The summed E-state index contributed by atoms with van der Waals surface area (Å²) in [5.41, 5.74) is 4.24. The number of amides is 1. The first-order valence-corrected chi connectivity index (χ1v) is 13.0. The standard InChI is InChI=1S/C31H25N5O2/c32-15-23-6-4-21-13-30(23)38-25-8-9-26-22(5-3-20-1-2-20)7-10-29(27(26)14-25)36-12-11-28(31(36)37)34-17-24-16-33-19-35(24)18-21/h4,6-10,13-14,16,19-20,28,34H,1-2,11-12,17-18H2. The summed E-state index contributed by atoms with van der Waals surface area (Å²) in [5, 5.41) is 15.1. The molecule has 1 atom stereocenters. The van der Waals surface area contributed by atoms with Crippen LogP contribution in [0.1, 0.15) is 41.6 Å². The quantitative estimate of drug-likeness (QED) is 0.354. The number of nitrogens with zero attached hydrogens (tertiary/aromatic N) is 4. The van der Waals surface area contributed by atoms with Crippen molar-refractivity contribution in [3.63, 3.8) is 0 Å². The van der Waals surface area contributed by atoms with Gasteiger partial charge in [0.05, 0.1) is 29.3 Å². The maximum atomic E-state index is 13.6. The third kappa shape index (κ3) is 4.08. The van der Waals surface area contributed by atoms with Crippen LogP contribution in [-0.2, 0) is 17.9 Å². The van der Waals surface area contributed by atoms with Crippen molar-refractivity contribution < 1.29 is 9.53 Å². The van der Waals surface area contributed by atoms with Gasteiger partial charge in [0, 0.05) is 42.7 Å². The average molecular weight is 500 g/mol. The molecule has 1 aromatic heterocycles. The van der Waals surface area contributed by atoms with Crippen LogP contribution in [0.4, 0.5) is 5.69 Å². The van der Waals surface area contributed by atoms with Gasteiger partial charge in [0.15, 0.2) is 0 Å². The third-order valence-electron chi connectivity index (χ3n) is 7.52. The number of ether oxygens (including phenoxy) is 1. The summed E-state index contributed by atoms with van der Waals surface area (Å²) in [7, 11) is 0. The van der Waals surface area contributed by atoms with Crippen molar-refractivity contribution in [3.05, 3.63) is 83.4 Å². The summed E-state index contributed by atoms with van der Waals surface area (Å²) < 4.78 is 8.38. The summed E-state index contributed by atoms with van der Waals surface area (Å²) in [6.45, 7) is 1.74. The zero-order chi connectivity index (χ0) is 25.6. The van der Waals surface area contributed by atoms with Gasteiger partial charge in [0.2, 0.25) is 5.91 Å². The number of anilines is 1. The molecule has 6 bridgehead atoms. The number of hydrogen-bond donors (Lipinski definition) is 1. The van der Waals surface area contributed by atoms with E-state index in [1.165, 1.54) is 12.8 Å². The Labute approximate surface area is 220 Å². The molecule has 3 aromatic carbocycles. The van der Waals surface area contributed by atoms with Gasteiger partial charge in [0.25, 0.3) is 0 Å². The van der Waals surface area contributed by atoms with Gasteiger partial charge in [-0.3, -0.25) is 4.79 Å². The highest BCUT2D eigenvalue weighted by atomic mass is 16.5. The molecule has 3 aliphatic rings. The topological polar surface area (TPSA) is 83.2 Å². The van der Waals surface area contributed by atoms with E-state index in [1.54, 1.807) is 12.4 Å². The lowest BCUT2D eigenvalue weighted by Crippen LogP contribution is -2.38. The molecule has 7 nitrogen and oxygen atoms in total. The maximum Gasteiger partial charge on any atom is 0.244 e. The molecule has 3 heterocycles.